The Morgan fingerprint density at radius 2 is 1.57 bits per heavy atom. The van der Waals surface area contributed by atoms with Gasteiger partial charge in [-0.15, -0.1) is 0 Å². The molecule has 0 aromatic carbocycles. The third-order valence-corrected chi connectivity index (χ3v) is 5.21. The van der Waals surface area contributed by atoms with Crippen molar-refractivity contribution in [3.8, 4) is 0 Å². The van der Waals surface area contributed by atoms with E-state index in [1.165, 1.54) is 63.4 Å². The Labute approximate surface area is 128 Å². The minimum absolute atomic E-state index is 0.480. The Hall–Kier alpha value is -0.960. The van der Waals surface area contributed by atoms with Crippen LogP contribution in [0.4, 0.5) is 0 Å². The molecular formula is C18H28N2O. The van der Waals surface area contributed by atoms with Crippen LogP contribution in [-0.2, 0) is 4.74 Å². The first-order valence-electron chi connectivity index (χ1n) is 8.80. The number of hydrogen-bond donors (Lipinski definition) is 0. The third-order valence-electron chi connectivity index (χ3n) is 5.21. The summed E-state index contributed by atoms with van der Waals surface area (Å²) in [6, 6.07) is 0. The molecule has 0 radical (unpaired) electrons. The van der Waals surface area contributed by atoms with Crippen LogP contribution < -0.4 is 0 Å². The molecule has 0 bridgehead atoms. The molecule has 2 saturated carbocycles. The molecule has 0 unspecified atom stereocenters. The van der Waals surface area contributed by atoms with E-state index in [-0.39, 0.29) is 0 Å². The van der Waals surface area contributed by atoms with Gasteiger partial charge in [0.15, 0.2) is 0 Å². The fraction of sp³-hybridized carbons (Fsp3) is 0.778. The lowest BCUT2D eigenvalue weighted by Crippen LogP contribution is -2.21. The molecule has 3 rings (SSSR count). The van der Waals surface area contributed by atoms with Crippen LogP contribution in [0.1, 0.15) is 87.9 Å². The average Bonchev–Trinajstić information content (AvgIpc) is 2.57. The second-order valence-corrected chi connectivity index (χ2v) is 6.64. The molecule has 3 nitrogen and oxygen atoms in total. The van der Waals surface area contributed by atoms with Gasteiger partial charge in [0.2, 0.25) is 0 Å². The van der Waals surface area contributed by atoms with Crippen LogP contribution >= 0.6 is 0 Å². The lowest BCUT2D eigenvalue weighted by atomic mass is 9.83. The van der Waals surface area contributed by atoms with Crippen LogP contribution in [0.2, 0.25) is 0 Å². The highest BCUT2D eigenvalue weighted by molar-refractivity contribution is 5.14. The van der Waals surface area contributed by atoms with Gasteiger partial charge in [0, 0.05) is 24.9 Å². The number of hydrogen-bond acceptors (Lipinski definition) is 3. The molecule has 0 spiro atoms. The lowest BCUT2D eigenvalue weighted by Gasteiger charge is -2.28. The largest absolute Gasteiger partial charge is 0.379 e. The van der Waals surface area contributed by atoms with E-state index in [9.17, 15) is 0 Å². The summed E-state index contributed by atoms with van der Waals surface area (Å²) < 4.78 is 5.73. The summed E-state index contributed by atoms with van der Waals surface area (Å²) in [6.45, 7) is 2.93. The minimum atomic E-state index is 0.480. The van der Waals surface area contributed by atoms with Gasteiger partial charge in [0.25, 0.3) is 0 Å². The van der Waals surface area contributed by atoms with Crippen LogP contribution in [0.3, 0.4) is 0 Å². The monoisotopic (exact) mass is 288 g/mol. The molecule has 0 atom stereocenters. The quantitative estimate of drug-likeness (QED) is 0.813. The van der Waals surface area contributed by atoms with Crippen molar-refractivity contribution in [3.05, 3.63) is 23.8 Å². The maximum absolute atomic E-state index is 5.73. The summed E-state index contributed by atoms with van der Waals surface area (Å²) in [6.07, 6.45) is 16.1. The number of rotatable bonds is 4. The number of nitrogens with zero attached hydrogens (tertiary/aromatic N) is 2. The molecule has 0 N–H and O–H groups in total. The van der Waals surface area contributed by atoms with Gasteiger partial charge < -0.3 is 4.74 Å². The van der Waals surface area contributed by atoms with E-state index in [4.69, 9.17) is 14.7 Å². The molecule has 2 aliphatic rings. The van der Waals surface area contributed by atoms with Gasteiger partial charge in [0.1, 0.15) is 5.82 Å². The van der Waals surface area contributed by atoms with E-state index in [1.54, 1.807) is 0 Å². The van der Waals surface area contributed by atoms with E-state index in [2.05, 4.69) is 19.3 Å². The second kappa shape index (κ2) is 7.35. The van der Waals surface area contributed by atoms with Gasteiger partial charge in [0.05, 0.1) is 6.10 Å². The number of aromatic nitrogens is 2. The van der Waals surface area contributed by atoms with E-state index in [0.717, 1.165) is 12.4 Å². The van der Waals surface area contributed by atoms with Crippen molar-refractivity contribution < 1.29 is 4.74 Å². The van der Waals surface area contributed by atoms with Crippen LogP contribution in [0, 0.1) is 0 Å². The van der Waals surface area contributed by atoms with Crippen molar-refractivity contribution in [3.63, 3.8) is 0 Å². The zero-order valence-electron chi connectivity index (χ0n) is 13.3. The molecule has 1 aromatic heterocycles. The summed E-state index contributed by atoms with van der Waals surface area (Å²) in [5.74, 6) is 2.34. The normalized spacial score (nSPS) is 27.7. The predicted octanol–water partition coefficient (Wildman–Crippen LogP) is 4.59. The van der Waals surface area contributed by atoms with Crippen molar-refractivity contribution in [2.75, 3.05) is 6.61 Å². The first-order valence-corrected chi connectivity index (χ1v) is 8.80. The molecule has 2 aliphatic carbocycles. The van der Waals surface area contributed by atoms with Gasteiger partial charge >= 0.3 is 0 Å². The van der Waals surface area contributed by atoms with Gasteiger partial charge in [-0.1, -0.05) is 19.3 Å². The van der Waals surface area contributed by atoms with E-state index in [0.29, 0.717) is 17.9 Å². The standard InChI is InChI=1S/C18H28N2O/c1-2-21-17-10-8-14(9-11-17)16-12-19-18(20-13-16)15-6-4-3-5-7-15/h12-15,17H,2-11H2,1H3/t14-,17-. The zero-order chi connectivity index (χ0) is 14.5. The zero-order valence-corrected chi connectivity index (χ0v) is 13.3. The van der Waals surface area contributed by atoms with Crippen molar-refractivity contribution in [2.24, 2.45) is 0 Å². The fourth-order valence-electron chi connectivity index (χ4n) is 3.93. The first-order chi connectivity index (χ1) is 10.4. The van der Waals surface area contributed by atoms with E-state index >= 15 is 0 Å². The lowest BCUT2D eigenvalue weighted by molar-refractivity contribution is 0.0327. The Morgan fingerprint density at radius 1 is 0.905 bits per heavy atom. The Bertz CT molecular complexity index is 417. The van der Waals surface area contributed by atoms with Crippen LogP contribution in [0.15, 0.2) is 12.4 Å². The summed E-state index contributed by atoms with van der Waals surface area (Å²) in [5, 5.41) is 0. The highest BCUT2D eigenvalue weighted by Crippen LogP contribution is 2.34. The van der Waals surface area contributed by atoms with E-state index < -0.39 is 0 Å². The van der Waals surface area contributed by atoms with E-state index in [1.807, 2.05) is 0 Å². The van der Waals surface area contributed by atoms with Gasteiger partial charge in [-0.25, -0.2) is 9.97 Å². The van der Waals surface area contributed by atoms with Crippen molar-refractivity contribution in [1.29, 1.82) is 0 Å². The molecule has 2 fully saturated rings. The molecule has 3 heteroatoms. The summed E-state index contributed by atoms with van der Waals surface area (Å²) in [5.41, 5.74) is 1.34. The molecule has 1 aromatic rings. The average molecular weight is 288 g/mol. The second-order valence-electron chi connectivity index (χ2n) is 6.64. The molecule has 0 amide bonds. The topological polar surface area (TPSA) is 35.0 Å². The molecule has 0 aliphatic heterocycles. The predicted molar refractivity (Wildman–Crippen MR) is 84.5 cm³/mol. The molecule has 1 heterocycles. The summed E-state index contributed by atoms with van der Waals surface area (Å²) in [7, 11) is 0. The number of ether oxygens (including phenoxy) is 1. The van der Waals surface area contributed by atoms with Crippen molar-refractivity contribution in [1.82, 2.24) is 9.97 Å². The highest BCUT2D eigenvalue weighted by Gasteiger charge is 2.24. The maximum Gasteiger partial charge on any atom is 0.131 e. The molecule has 21 heavy (non-hydrogen) atoms. The molecule has 116 valence electrons. The third kappa shape index (κ3) is 3.82. The Kier molecular flexibility index (Phi) is 5.23. The van der Waals surface area contributed by atoms with Crippen LogP contribution in [0.5, 0.6) is 0 Å². The molecular weight excluding hydrogens is 260 g/mol. The van der Waals surface area contributed by atoms with Gasteiger partial charge in [-0.05, 0) is 56.9 Å². The van der Waals surface area contributed by atoms with Crippen LogP contribution in [-0.4, -0.2) is 22.7 Å². The fourth-order valence-corrected chi connectivity index (χ4v) is 3.93. The minimum Gasteiger partial charge on any atom is -0.379 e. The smallest absolute Gasteiger partial charge is 0.131 e. The highest BCUT2D eigenvalue weighted by atomic mass is 16.5. The summed E-state index contributed by atoms with van der Waals surface area (Å²) in [4.78, 5) is 9.38. The SMILES string of the molecule is CCO[C@H]1CC[C@H](c2cnc(C3CCCCC3)nc2)CC1. The van der Waals surface area contributed by atoms with Gasteiger partial charge in [-0.3, -0.25) is 0 Å². The summed E-state index contributed by atoms with van der Waals surface area (Å²) >= 11 is 0. The van der Waals surface area contributed by atoms with Crippen LogP contribution in [0.25, 0.3) is 0 Å². The van der Waals surface area contributed by atoms with Gasteiger partial charge in [-0.2, -0.15) is 0 Å². The van der Waals surface area contributed by atoms with Crippen molar-refractivity contribution >= 4 is 0 Å². The maximum atomic E-state index is 5.73. The molecule has 0 saturated heterocycles. The first kappa shape index (κ1) is 15.0. The van der Waals surface area contributed by atoms with Crippen molar-refractivity contribution in [2.45, 2.75) is 82.7 Å². The Morgan fingerprint density at radius 3 is 2.19 bits per heavy atom. The Balaban J connectivity index is 1.57.